The molecule has 2 rings (SSSR count). The zero-order chi connectivity index (χ0) is 14.8. The van der Waals surface area contributed by atoms with Crippen molar-refractivity contribution in [3.63, 3.8) is 0 Å². The average Bonchev–Trinajstić information content (AvgIpc) is 2.84. The fourth-order valence-corrected chi connectivity index (χ4v) is 3.15. The molecule has 0 bridgehead atoms. The van der Waals surface area contributed by atoms with Crippen LogP contribution >= 0.6 is 0 Å². The maximum absolute atomic E-state index is 12.5. The Balaban J connectivity index is 2.29. The van der Waals surface area contributed by atoms with E-state index in [9.17, 15) is 8.42 Å². The number of aromatic nitrogens is 3. The average molecular weight is 295 g/mol. The van der Waals surface area contributed by atoms with Crippen LogP contribution in [0.15, 0.2) is 35.6 Å². The van der Waals surface area contributed by atoms with Crippen LogP contribution in [0.25, 0.3) is 0 Å². The summed E-state index contributed by atoms with van der Waals surface area (Å²) in [5, 5.41) is 6.82. The lowest BCUT2D eigenvalue weighted by Crippen LogP contribution is -2.27. The van der Waals surface area contributed by atoms with Crippen molar-refractivity contribution in [2.75, 3.05) is 19.4 Å². The molecule has 0 saturated heterocycles. The van der Waals surface area contributed by atoms with Crippen LogP contribution in [-0.2, 0) is 23.6 Å². The third-order valence-electron chi connectivity index (χ3n) is 2.86. The number of anilines is 1. The molecular weight excluding hydrogens is 278 g/mol. The van der Waals surface area contributed by atoms with Crippen molar-refractivity contribution in [2.45, 2.75) is 11.4 Å². The Morgan fingerprint density at radius 1 is 1.45 bits per heavy atom. The van der Waals surface area contributed by atoms with Crippen molar-refractivity contribution < 1.29 is 8.42 Å². The predicted molar refractivity (Wildman–Crippen MR) is 75.6 cm³/mol. The van der Waals surface area contributed by atoms with Gasteiger partial charge >= 0.3 is 0 Å². The van der Waals surface area contributed by atoms with E-state index >= 15 is 0 Å². The molecule has 20 heavy (non-hydrogen) atoms. The third kappa shape index (κ3) is 2.81. The van der Waals surface area contributed by atoms with E-state index in [0.717, 1.165) is 5.56 Å². The van der Waals surface area contributed by atoms with E-state index in [-0.39, 0.29) is 11.4 Å². The van der Waals surface area contributed by atoms with Crippen LogP contribution in [0.1, 0.15) is 5.56 Å². The monoisotopic (exact) mass is 295 g/mol. The van der Waals surface area contributed by atoms with Crippen LogP contribution < -0.4 is 5.32 Å². The minimum Gasteiger partial charge on any atom is -0.372 e. The number of nitrogens with zero attached hydrogens (tertiary/aromatic N) is 4. The molecule has 0 aliphatic rings. The zero-order valence-corrected chi connectivity index (χ0v) is 12.4. The van der Waals surface area contributed by atoms with Crippen molar-refractivity contribution in [3.05, 3.63) is 36.3 Å². The number of nitrogens with one attached hydrogen (secondary N) is 1. The summed E-state index contributed by atoms with van der Waals surface area (Å²) < 4.78 is 28.0. The molecule has 0 radical (unpaired) electrons. The number of pyridine rings is 1. The SMILES string of the molecule is CNc1ncccc1S(=O)(=O)N(C)Cc1cnn(C)c1. The molecule has 2 aromatic rings. The molecule has 0 fully saturated rings. The first-order chi connectivity index (χ1) is 9.45. The van der Waals surface area contributed by atoms with Gasteiger partial charge in [-0.3, -0.25) is 4.68 Å². The van der Waals surface area contributed by atoms with Gasteiger partial charge < -0.3 is 5.32 Å². The first kappa shape index (κ1) is 14.5. The summed E-state index contributed by atoms with van der Waals surface area (Å²) in [6.07, 6.45) is 4.98. The first-order valence-corrected chi connectivity index (χ1v) is 7.46. The summed E-state index contributed by atoms with van der Waals surface area (Å²) in [5.74, 6) is 0.338. The number of hydrogen-bond acceptors (Lipinski definition) is 5. The van der Waals surface area contributed by atoms with E-state index in [0.29, 0.717) is 5.82 Å². The smallest absolute Gasteiger partial charge is 0.246 e. The van der Waals surface area contributed by atoms with Gasteiger partial charge in [0, 0.05) is 45.6 Å². The number of hydrogen-bond donors (Lipinski definition) is 1. The Bertz CT molecular complexity index is 695. The Kier molecular flexibility index (Phi) is 4.05. The Hall–Kier alpha value is -1.93. The van der Waals surface area contributed by atoms with E-state index in [1.165, 1.54) is 17.4 Å². The van der Waals surface area contributed by atoms with Crippen molar-refractivity contribution >= 4 is 15.8 Å². The molecule has 8 heteroatoms. The topological polar surface area (TPSA) is 80.1 Å². The molecule has 1 N–H and O–H groups in total. The summed E-state index contributed by atoms with van der Waals surface area (Å²) in [6, 6.07) is 3.14. The molecule has 0 aliphatic heterocycles. The predicted octanol–water partition coefficient (Wildman–Crippen LogP) is 0.677. The molecule has 0 aliphatic carbocycles. The van der Waals surface area contributed by atoms with E-state index in [1.54, 1.807) is 43.4 Å². The maximum Gasteiger partial charge on any atom is 0.246 e. The van der Waals surface area contributed by atoms with Gasteiger partial charge in [-0.25, -0.2) is 13.4 Å². The summed E-state index contributed by atoms with van der Waals surface area (Å²) in [7, 11) is 1.37. The highest BCUT2D eigenvalue weighted by molar-refractivity contribution is 7.89. The zero-order valence-electron chi connectivity index (χ0n) is 11.6. The van der Waals surface area contributed by atoms with Crippen LogP contribution in [-0.4, -0.2) is 41.6 Å². The van der Waals surface area contributed by atoms with Gasteiger partial charge in [-0.15, -0.1) is 0 Å². The highest BCUT2D eigenvalue weighted by atomic mass is 32.2. The highest BCUT2D eigenvalue weighted by Gasteiger charge is 2.24. The Morgan fingerprint density at radius 2 is 2.20 bits per heavy atom. The largest absolute Gasteiger partial charge is 0.372 e. The minimum absolute atomic E-state index is 0.161. The number of rotatable bonds is 5. The van der Waals surface area contributed by atoms with E-state index in [2.05, 4.69) is 15.4 Å². The number of aryl methyl sites for hydroxylation is 1. The van der Waals surface area contributed by atoms with Gasteiger partial charge in [0.25, 0.3) is 0 Å². The highest BCUT2D eigenvalue weighted by Crippen LogP contribution is 2.22. The normalized spacial score (nSPS) is 11.8. The minimum atomic E-state index is -3.60. The molecule has 0 unspecified atom stereocenters. The van der Waals surface area contributed by atoms with Gasteiger partial charge in [-0.1, -0.05) is 0 Å². The Labute approximate surface area is 118 Å². The van der Waals surface area contributed by atoms with Crippen LogP contribution in [0.3, 0.4) is 0 Å². The standard InChI is InChI=1S/C12H17N5O2S/c1-13-12-11(5-4-6-14-12)20(18,19)17(3)9-10-7-15-16(2)8-10/h4-8H,9H2,1-3H3,(H,13,14). The quantitative estimate of drug-likeness (QED) is 0.877. The molecule has 0 amide bonds. The fraction of sp³-hybridized carbons (Fsp3) is 0.333. The molecule has 0 spiro atoms. The number of sulfonamides is 1. The Morgan fingerprint density at radius 3 is 2.80 bits per heavy atom. The van der Waals surface area contributed by atoms with Crippen LogP contribution in [0.2, 0.25) is 0 Å². The van der Waals surface area contributed by atoms with Crippen molar-refractivity contribution in [1.29, 1.82) is 0 Å². The van der Waals surface area contributed by atoms with Crippen molar-refractivity contribution in [2.24, 2.45) is 7.05 Å². The van der Waals surface area contributed by atoms with Crippen LogP contribution in [0, 0.1) is 0 Å². The summed E-state index contributed by atoms with van der Waals surface area (Å²) in [5.41, 5.74) is 0.827. The second kappa shape index (κ2) is 5.59. The van der Waals surface area contributed by atoms with Gasteiger partial charge in [0.1, 0.15) is 10.7 Å². The molecule has 2 aromatic heterocycles. The second-order valence-electron chi connectivity index (χ2n) is 4.38. The lowest BCUT2D eigenvalue weighted by molar-refractivity contribution is 0.466. The summed E-state index contributed by atoms with van der Waals surface area (Å²) in [4.78, 5) is 4.18. The van der Waals surface area contributed by atoms with Gasteiger partial charge in [-0.05, 0) is 12.1 Å². The molecular formula is C12H17N5O2S. The van der Waals surface area contributed by atoms with E-state index < -0.39 is 10.0 Å². The van der Waals surface area contributed by atoms with Gasteiger partial charge in [0.05, 0.1) is 6.20 Å². The molecule has 2 heterocycles. The van der Waals surface area contributed by atoms with Crippen LogP contribution in [0.5, 0.6) is 0 Å². The van der Waals surface area contributed by atoms with Crippen molar-refractivity contribution in [3.8, 4) is 0 Å². The maximum atomic E-state index is 12.5. The third-order valence-corrected chi connectivity index (χ3v) is 4.69. The van der Waals surface area contributed by atoms with Gasteiger partial charge in [0.15, 0.2) is 0 Å². The summed E-state index contributed by atoms with van der Waals surface area (Å²) >= 11 is 0. The first-order valence-electron chi connectivity index (χ1n) is 6.02. The van der Waals surface area contributed by atoms with Gasteiger partial charge in [-0.2, -0.15) is 9.40 Å². The van der Waals surface area contributed by atoms with Crippen molar-refractivity contribution in [1.82, 2.24) is 19.1 Å². The second-order valence-corrected chi connectivity index (χ2v) is 6.40. The fourth-order valence-electron chi connectivity index (χ4n) is 1.85. The molecule has 0 saturated carbocycles. The molecule has 7 nitrogen and oxygen atoms in total. The van der Waals surface area contributed by atoms with Crippen LogP contribution in [0.4, 0.5) is 5.82 Å². The lowest BCUT2D eigenvalue weighted by Gasteiger charge is -2.17. The van der Waals surface area contributed by atoms with E-state index in [4.69, 9.17) is 0 Å². The molecule has 0 aromatic carbocycles. The molecule has 0 atom stereocenters. The lowest BCUT2D eigenvalue weighted by atomic mass is 10.4. The summed E-state index contributed by atoms with van der Waals surface area (Å²) in [6.45, 7) is 0.258. The van der Waals surface area contributed by atoms with Gasteiger partial charge in [0.2, 0.25) is 10.0 Å². The molecule has 108 valence electrons. The van der Waals surface area contributed by atoms with E-state index in [1.807, 2.05) is 0 Å².